The highest BCUT2D eigenvalue weighted by Crippen LogP contribution is 2.16. The topological polar surface area (TPSA) is 52.9 Å². The first-order valence-corrected chi connectivity index (χ1v) is 6.55. The van der Waals surface area contributed by atoms with Gasteiger partial charge in [0.25, 0.3) is 5.91 Å². The van der Waals surface area contributed by atoms with Crippen LogP contribution in [0.3, 0.4) is 0 Å². The molecule has 104 valence electrons. The molecule has 3 rings (SSSR count). The van der Waals surface area contributed by atoms with Gasteiger partial charge in [-0.3, -0.25) is 4.79 Å². The van der Waals surface area contributed by atoms with Crippen LogP contribution in [0, 0.1) is 5.82 Å². The van der Waals surface area contributed by atoms with Crippen LogP contribution in [0.25, 0.3) is 0 Å². The predicted molar refractivity (Wildman–Crippen MR) is 79.2 cm³/mol. The van der Waals surface area contributed by atoms with E-state index >= 15 is 0 Å². The molecule has 1 heterocycles. The number of hydrogen-bond donors (Lipinski definition) is 1. The summed E-state index contributed by atoms with van der Waals surface area (Å²) in [5, 5.41) is 14.7. The molecule has 0 unspecified atom stereocenters. The molecule has 0 atom stereocenters. The van der Waals surface area contributed by atoms with Crippen LogP contribution in [0.4, 0.5) is 4.39 Å². The molecule has 2 aromatic carbocycles. The second-order valence-corrected chi connectivity index (χ2v) is 4.96. The molecule has 1 N–H and O–H groups in total. The summed E-state index contributed by atoms with van der Waals surface area (Å²) in [7, 11) is -1.28. The Balaban J connectivity index is 1.98. The van der Waals surface area contributed by atoms with Gasteiger partial charge in [0, 0.05) is 5.02 Å². The van der Waals surface area contributed by atoms with Gasteiger partial charge in [0.1, 0.15) is 5.82 Å². The van der Waals surface area contributed by atoms with Crippen LogP contribution in [0.15, 0.2) is 47.6 Å². The lowest BCUT2D eigenvalue weighted by Gasteiger charge is -2.25. The van der Waals surface area contributed by atoms with Crippen LogP contribution in [0.5, 0.6) is 0 Å². The third kappa shape index (κ3) is 2.43. The van der Waals surface area contributed by atoms with E-state index < -0.39 is 18.8 Å². The Kier molecular flexibility index (Phi) is 3.49. The second kappa shape index (κ2) is 5.31. The number of hydrogen-bond acceptors (Lipinski definition) is 3. The van der Waals surface area contributed by atoms with E-state index in [0.29, 0.717) is 16.0 Å². The molecule has 0 fully saturated rings. The van der Waals surface area contributed by atoms with Gasteiger partial charge < -0.3 is 5.02 Å². The van der Waals surface area contributed by atoms with Crippen LogP contribution in [0.2, 0.25) is 5.02 Å². The maximum absolute atomic E-state index is 13.7. The van der Waals surface area contributed by atoms with Crippen molar-refractivity contribution >= 4 is 36.2 Å². The fraction of sp³-hybridized carbons (Fsp3) is 0. The molecule has 1 aliphatic heterocycles. The molecule has 1 aliphatic rings. The number of hydrazone groups is 1. The molecular weight excluding hydrogens is 293 g/mol. The zero-order valence-corrected chi connectivity index (χ0v) is 11.5. The Bertz CT molecular complexity index is 754. The number of carbonyl (C=O) groups excluding carboxylic acids is 1. The zero-order chi connectivity index (χ0) is 15.0. The number of halogens is 2. The fourth-order valence-corrected chi connectivity index (χ4v) is 2.31. The van der Waals surface area contributed by atoms with Gasteiger partial charge in [-0.2, -0.15) is 5.10 Å². The molecule has 1 amide bonds. The van der Waals surface area contributed by atoms with Crippen LogP contribution >= 0.6 is 11.6 Å². The molecular formula is C14H9BClFN2O2. The van der Waals surface area contributed by atoms with Gasteiger partial charge in [0.15, 0.2) is 0 Å². The van der Waals surface area contributed by atoms with Gasteiger partial charge in [0.2, 0.25) is 0 Å². The van der Waals surface area contributed by atoms with Gasteiger partial charge in [-0.1, -0.05) is 29.8 Å². The number of rotatable bonds is 1. The van der Waals surface area contributed by atoms with Crippen molar-refractivity contribution in [2.24, 2.45) is 5.10 Å². The smallest absolute Gasteiger partial charge is 0.427 e. The highest BCUT2D eigenvalue weighted by atomic mass is 35.5. The first kappa shape index (κ1) is 13.8. The molecule has 0 bridgehead atoms. The Hall–Kier alpha value is -2.18. The molecule has 0 aliphatic carbocycles. The SMILES string of the molecule is O=C(c1ccccc1F)N1N=Cc2cc(Cl)ccc2B1O. The maximum Gasteiger partial charge on any atom is 0.474 e. The summed E-state index contributed by atoms with van der Waals surface area (Å²) in [6, 6.07) is 10.4. The first-order valence-electron chi connectivity index (χ1n) is 6.17. The van der Waals surface area contributed by atoms with Crippen molar-refractivity contribution in [3.05, 3.63) is 64.4 Å². The lowest BCUT2D eigenvalue weighted by Crippen LogP contribution is -2.52. The van der Waals surface area contributed by atoms with E-state index in [2.05, 4.69) is 5.10 Å². The summed E-state index contributed by atoms with van der Waals surface area (Å²) in [4.78, 5) is 13.1. The quantitative estimate of drug-likeness (QED) is 0.815. The number of benzene rings is 2. The van der Waals surface area contributed by atoms with Crippen LogP contribution in [0.1, 0.15) is 15.9 Å². The molecule has 4 nitrogen and oxygen atoms in total. The van der Waals surface area contributed by atoms with E-state index in [-0.39, 0.29) is 5.56 Å². The number of nitrogens with zero attached hydrogens (tertiary/aromatic N) is 2. The summed E-state index contributed by atoms with van der Waals surface area (Å²) in [6.45, 7) is 0. The average molecular weight is 303 g/mol. The molecule has 21 heavy (non-hydrogen) atoms. The lowest BCUT2D eigenvalue weighted by molar-refractivity contribution is 0.0841. The Morgan fingerprint density at radius 1 is 1.29 bits per heavy atom. The van der Waals surface area contributed by atoms with Gasteiger partial charge in [-0.05, 0) is 35.3 Å². The van der Waals surface area contributed by atoms with Gasteiger partial charge in [-0.15, -0.1) is 0 Å². The van der Waals surface area contributed by atoms with Crippen molar-refractivity contribution in [2.45, 2.75) is 0 Å². The van der Waals surface area contributed by atoms with Crippen molar-refractivity contribution in [2.75, 3.05) is 0 Å². The summed E-state index contributed by atoms with van der Waals surface area (Å²) in [6.07, 6.45) is 1.41. The van der Waals surface area contributed by atoms with Gasteiger partial charge >= 0.3 is 7.05 Å². The fourth-order valence-electron chi connectivity index (χ4n) is 2.13. The van der Waals surface area contributed by atoms with E-state index in [0.717, 1.165) is 4.92 Å². The molecule has 0 spiro atoms. The standard InChI is InChI=1S/C14H9BClFN2O2/c16-10-5-6-12-9(7-10)8-18-19(15(12)21)14(20)11-3-1-2-4-13(11)17/h1-8,21H. The van der Waals surface area contributed by atoms with Gasteiger partial charge in [0.05, 0.1) is 11.8 Å². The first-order chi connectivity index (χ1) is 10.1. The van der Waals surface area contributed by atoms with Gasteiger partial charge in [-0.25, -0.2) is 9.31 Å². The molecule has 2 aromatic rings. The number of carbonyl (C=O) groups is 1. The van der Waals surface area contributed by atoms with Crippen LogP contribution in [-0.4, -0.2) is 29.1 Å². The highest BCUT2D eigenvalue weighted by Gasteiger charge is 2.34. The van der Waals surface area contributed by atoms with Crippen molar-refractivity contribution in [3.8, 4) is 0 Å². The summed E-state index contributed by atoms with van der Waals surface area (Å²) in [5.41, 5.74) is 0.956. The minimum Gasteiger partial charge on any atom is -0.427 e. The normalized spacial score (nSPS) is 13.3. The minimum atomic E-state index is -1.28. The molecule has 0 saturated carbocycles. The molecule has 0 aromatic heterocycles. The second-order valence-electron chi connectivity index (χ2n) is 4.52. The van der Waals surface area contributed by atoms with E-state index in [4.69, 9.17) is 11.6 Å². The molecule has 0 radical (unpaired) electrons. The Morgan fingerprint density at radius 2 is 2.05 bits per heavy atom. The van der Waals surface area contributed by atoms with E-state index in [1.807, 2.05) is 0 Å². The summed E-state index contributed by atoms with van der Waals surface area (Å²) in [5.74, 6) is -1.37. The Labute approximate surface area is 125 Å². The van der Waals surface area contributed by atoms with Crippen LogP contribution < -0.4 is 5.46 Å². The Morgan fingerprint density at radius 3 is 2.81 bits per heavy atom. The maximum atomic E-state index is 13.7. The average Bonchev–Trinajstić information content (AvgIpc) is 2.47. The van der Waals surface area contributed by atoms with Crippen molar-refractivity contribution in [1.82, 2.24) is 4.92 Å². The monoisotopic (exact) mass is 302 g/mol. The van der Waals surface area contributed by atoms with E-state index in [1.165, 1.54) is 24.4 Å². The lowest BCUT2D eigenvalue weighted by atomic mass is 9.69. The molecule has 0 saturated heterocycles. The zero-order valence-electron chi connectivity index (χ0n) is 10.7. The highest BCUT2D eigenvalue weighted by molar-refractivity contribution is 6.68. The minimum absolute atomic E-state index is 0.147. The third-order valence-electron chi connectivity index (χ3n) is 3.19. The van der Waals surface area contributed by atoms with Crippen molar-refractivity contribution in [1.29, 1.82) is 0 Å². The number of fused-ring (bicyclic) bond motifs is 1. The van der Waals surface area contributed by atoms with Crippen LogP contribution in [-0.2, 0) is 0 Å². The predicted octanol–water partition coefficient (Wildman–Crippen LogP) is 1.66. The summed E-state index contributed by atoms with van der Waals surface area (Å²) >= 11 is 5.87. The van der Waals surface area contributed by atoms with E-state index in [1.54, 1.807) is 24.3 Å². The third-order valence-corrected chi connectivity index (χ3v) is 3.43. The van der Waals surface area contributed by atoms with Crippen molar-refractivity contribution < 1.29 is 14.2 Å². The molecule has 7 heteroatoms. The van der Waals surface area contributed by atoms with Crippen molar-refractivity contribution in [3.63, 3.8) is 0 Å². The summed E-state index contributed by atoms with van der Waals surface area (Å²) < 4.78 is 13.7. The largest absolute Gasteiger partial charge is 0.474 e. The number of amides is 1. The van der Waals surface area contributed by atoms with E-state index in [9.17, 15) is 14.2 Å².